The van der Waals surface area contributed by atoms with Crippen LogP contribution in [0, 0.1) is 0 Å². The lowest BCUT2D eigenvalue weighted by molar-refractivity contribution is -0.132. The van der Waals surface area contributed by atoms with Gasteiger partial charge in [0.05, 0.1) is 6.42 Å². The maximum Gasteiger partial charge on any atom is 0.390 e. The topological polar surface area (TPSA) is 29.0 Å². The fourth-order valence-corrected chi connectivity index (χ4v) is 1.72. The average molecular weight is 340 g/mol. The van der Waals surface area contributed by atoms with Crippen molar-refractivity contribution >= 4 is 21.7 Å². The van der Waals surface area contributed by atoms with Crippen LogP contribution in [0.3, 0.4) is 0 Å². The van der Waals surface area contributed by atoms with Crippen LogP contribution in [0.4, 0.5) is 19.0 Å². The summed E-state index contributed by atoms with van der Waals surface area (Å²) in [4.78, 5) is 10.1. The lowest BCUT2D eigenvalue weighted by atomic mass is 9.96. The van der Waals surface area contributed by atoms with Crippen molar-refractivity contribution in [3.8, 4) is 0 Å². The number of hydrogen-bond donors (Lipinski definition) is 0. The van der Waals surface area contributed by atoms with E-state index in [0.717, 1.165) is 0 Å². The van der Waals surface area contributed by atoms with Crippen LogP contribution in [-0.2, 0) is 5.41 Å². The molecule has 0 spiro atoms. The van der Waals surface area contributed by atoms with Crippen molar-refractivity contribution in [1.82, 2.24) is 9.97 Å². The average Bonchev–Trinajstić information content (AvgIpc) is 2.22. The Balaban J connectivity index is 2.91. The minimum absolute atomic E-state index is 0.128. The van der Waals surface area contributed by atoms with Crippen molar-refractivity contribution in [2.45, 2.75) is 38.8 Å². The first-order valence-electron chi connectivity index (χ1n) is 5.82. The Labute approximate surface area is 119 Å². The van der Waals surface area contributed by atoms with Crippen LogP contribution < -0.4 is 4.90 Å². The highest BCUT2D eigenvalue weighted by atomic mass is 79.9. The van der Waals surface area contributed by atoms with Gasteiger partial charge in [0.2, 0.25) is 0 Å². The molecule has 1 heterocycles. The Bertz CT molecular complexity index is 441. The van der Waals surface area contributed by atoms with Crippen LogP contribution in [0.15, 0.2) is 10.7 Å². The number of hydrogen-bond acceptors (Lipinski definition) is 3. The van der Waals surface area contributed by atoms with E-state index in [-0.39, 0.29) is 12.0 Å². The second-order valence-electron chi connectivity index (χ2n) is 5.41. The van der Waals surface area contributed by atoms with E-state index in [1.165, 1.54) is 4.90 Å². The molecule has 19 heavy (non-hydrogen) atoms. The normalized spacial score (nSPS) is 12.6. The minimum atomic E-state index is -4.16. The van der Waals surface area contributed by atoms with Crippen LogP contribution in [0.5, 0.6) is 0 Å². The lowest BCUT2D eigenvalue weighted by Crippen LogP contribution is -2.26. The van der Waals surface area contributed by atoms with Crippen molar-refractivity contribution in [3.05, 3.63) is 16.5 Å². The first kappa shape index (κ1) is 16.2. The van der Waals surface area contributed by atoms with Gasteiger partial charge < -0.3 is 4.90 Å². The molecule has 0 unspecified atom stereocenters. The number of nitrogens with zero attached hydrogens (tertiary/aromatic N) is 3. The minimum Gasteiger partial charge on any atom is -0.359 e. The largest absolute Gasteiger partial charge is 0.390 e. The summed E-state index contributed by atoms with van der Waals surface area (Å²) in [6.45, 7) is 5.73. The Morgan fingerprint density at radius 2 is 1.79 bits per heavy atom. The summed E-state index contributed by atoms with van der Waals surface area (Å²) in [5, 5.41) is 0. The smallest absolute Gasteiger partial charge is 0.359 e. The molecule has 1 aromatic rings. The van der Waals surface area contributed by atoms with Crippen LogP contribution in [0.2, 0.25) is 0 Å². The number of halogens is 4. The molecule has 0 aliphatic carbocycles. The van der Waals surface area contributed by atoms with Crippen LogP contribution >= 0.6 is 15.9 Å². The summed E-state index contributed by atoms with van der Waals surface area (Å²) in [7, 11) is 1.59. The van der Waals surface area contributed by atoms with E-state index < -0.39 is 12.6 Å². The molecule has 0 aliphatic heterocycles. The Morgan fingerprint density at radius 3 is 2.26 bits per heavy atom. The van der Waals surface area contributed by atoms with Gasteiger partial charge >= 0.3 is 6.18 Å². The van der Waals surface area contributed by atoms with Crippen LogP contribution in [-0.4, -0.2) is 29.7 Å². The molecule has 0 saturated heterocycles. The SMILES string of the molecule is CN(CCC(F)(F)F)c1cc(Br)nc(C(C)(C)C)n1. The zero-order valence-corrected chi connectivity index (χ0v) is 12.9. The van der Waals surface area contributed by atoms with Gasteiger partial charge in [-0.3, -0.25) is 0 Å². The van der Waals surface area contributed by atoms with Gasteiger partial charge in [-0.25, -0.2) is 9.97 Å². The van der Waals surface area contributed by atoms with Gasteiger partial charge in [-0.15, -0.1) is 0 Å². The Morgan fingerprint density at radius 1 is 1.21 bits per heavy atom. The molecule has 0 bridgehead atoms. The second-order valence-corrected chi connectivity index (χ2v) is 6.22. The summed E-state index contributed by atoms with van der Waals surface area (Å²) < 4.78 is 37.2. The van der Waals surface area contributed by atoms with Crippen LogP contribution in [0.25, 0.3) is 0 Å². The molecule has 1 rings (SSSR count). The molecule has 7 heteroatoms. The fourth-order valence-electron chi connectivity index (χ4n) is 1.35. The zero-order chi connectivity index (χ0) is 14.8. The van der Waals surface area contributed by atoms with E-state index in [1.807, 2.05) is 20.8 Å². The van der Waals surface area contributed by atoms with Gasteiger partial charge in [0, 0.05) is 25.1 Å². The predicted molar refractivity (Wildman–Crippen MR) is 72.4 cm³/mol. The molecule has 0 aromatic carbocycles. The summed E-state index contributed by atoms with van der Waals surface area (Å²) in [6.07, 6.45) is -5.03. The van der Waals surface area contributed by atoms with Gasteiger partial charge in [-0.1, -0.05) is 20.8 Å². The molecular weight excluding hydrogens is 323 g/mol. The summed E-state index contributed by atoms with van der Waals surface area (Å²) >= 11 is 3.26. The number of anilines is 1. The van der Waals surface area contributed by atoms with Crippen molar-refractivity contribution in [2.75, 3.05) is 18.5 Å². The summed E-state index contributed by atoms with van der Waals surface area (Å²) in [5.41, 5.74) is -0.261. The maximum absolute atomic E-state index is 12.2. The lowest BCUT2D eigenvalue weighted by Gasteiger charge is -2.23. The Kier molecular flexibility index (Phi) is 4.81. The van der Waals surface area contributed by atoms with Crippen molar-refractivity contribution in [1.29, 1.82) is 0 Å². The molecule has 0 N–H and O–H groups in total. The standard InChI is InChI=1S/C12H17BrF3N3/c1-11(2,3)10-17-8(13)7-9(18-10)19(4)6-5-12(14,15)16/h7H,5-6H2,1-4H3. The molecule has 0 amide bonds. The van der Waals surface area contributed by atoms with Crippen LogP contribution in [0.1, 0.15) is 33.0 Å². The molecule has 0 radical (unpaired) electrons. The van der Waals surface area contributed by atoms with Crippen molar-refractivity contribution in [2.24, 2.45) is 0 Å². The highest BCUT2D eigenvalue weighted by Crippen LogP contribution is 2.25. The van der Waals surface area contributed by atoms with E-state index >= 15 is 0 Å². The van der Waals surface area contributed by atoms with Crippen molar-refractivity contribution < 1.29 is 13.2 Å². The highest BCUT2D eigenvalue weighted by Gasteiger charge is 2.27. The first-order valence-corrected chi connectivity index (χ1v) is 6.61. The quantitative estimate of drug-likeness (QED) is 0.781. The summed E-state index contributed by atoms with van der Waals surface area (Å²) in [5.74, 6) is 1.08. The van der Waals surface area contributed by atoms with Crippen molar-refractivity contribution in [3.63, 3.8) is 0 Å². The molecule has 0 atom stereocenters. The zero-order valence-electron chi connectivity index (χ0n) is 11.3. The molecule has 108 valence electrons. The van der Waals surface area contributed by atoms with Gasteiger partial charge in [-0.05, 0) is 15.9 Å². The van der Waals surface area contributed by atoms with Gasteiger partial charge in [0.1, 0.15) is 16.2 Å². The molecule has 3 nitrogen and oxygen atoms in total. The molecular formula is C12H17BrF3N3. The molecule has 1 aromatic heterocycles. The second kappa shape index (κ2) is 5.64. The molecule has 0 aliphatic rings. The molecule has 0 saturated carbocycles. The number of alkyl halides is 3. The van der Waals surface area contributed by atoms with Gasteiger partial charge in [0.25, 0.3) is 0 Å². The third kappa shape index (κ3) is 5.34. The maximum atomic E-state index is 12.2. The number of aromatic nitrogens is 2. The first-order chi connectivity index (χ1) is 8.49. The Hall–Kier alpha value is -0.850. The van der Waals surface area contributed by atoms with Gasteiger partial charge in [-0.2, -0.15) is 13.2 Å². The molecule has 0 fully saturated rings. The third-order valence-electron chi connectivity index (χ3n) is 2.47. The van der Waals surface area contributed by atoms with Gasteiger partial charge in [0.15, 0.2) is 0 Å². The predicted octanol–water partition coefficient (Wildman–Crippen LogP) is 3.93. The third-order valence-corrected chi connectivity index (χ3v) is 2.88. The van der Waals surface area contributed by atoms with E-state index in [2.05, 4.69) is 25.9 Å². The van der Waals surface area contributed by atoms with E-state index in [0.29, 0.717) is 16.2 Å². The number of rotatable bonds is 3. The summed E-state index contributed by atoms with van der Waals surface area (Å²) in [6, 6.07) is 1.62. The fraction of sp³-hybridized carbons (Fsp3) is 0.667. The van der Waals surface area contributed by atoms with E-state index in [4.69, 9.17) is 0 Å². The van der Waals surface area contributed by atoms with E-state index in [1.54, 1.807) is 13.1 Å². The highest BCUT2D eigenvalue weighted by molar-refractivity contribution is 9.10. The van der Waals surface area contributed by atoms with E-state index in [9.17, 15) is 13.2 Å². The monoisotopic (exact) mass is 339 g/mol.